The Bertz CT molecular complexity index is 1040. The summed E-state index contributed by atoms with van der Waals surface area (Å²) in [6.07, 6.45) is 2.99. The maximum atomic E-state index is 13.0. The lowest BCUT2D eigenvalue weighted by Crippen LogP contribution is -2.46. The zero-order chi connectivity index (χ0) is 21.4. The van der Waals surface area contributed by atoms with Gasteiger partial charge in [0.05, 0.1) is 22.2 Å². The van der Waals surface area contributed by atoms with Crippen LogP contribution >= 0.6 is 11.6 Å². The van der Waals surface area contributed by atoms with Crippen LogP contribution in [0, 0.1) is 0 Å². The summed E-state index contributed by atoms with van der Waals surface area (Å²) in [5.74, 6) is -1.21. The van der Waals surface area contributed by atoms with E-state index in [1.807, 2.05) is 0 Å². The van der Waals surface area contributed by atoms with Crippen molar-refractivity contribution in [1.82, 2.24) is 9.97 Å². The molecule has 3 atom stereocenters. The second-order valence-electron chi connectivity index (χ2n) is 7.96. The third-order valence-corrected chi connectivity index (χ3v) is 6.15. The molecule has 1 aromatic heterocycles. The maximum absolute atomic E-state index is 13.0. The summed E-state index contributed by atoms with van der Waals surface area (Å²) < 4.78 is 0. The van der Waals surface area contributed by atoms with Crippen LogP contribution < -0.4 is 21.1 Å². The van der Waals surface area contributed by atoms with Crippen molar-refractivity contribution in [2.75, 3.05) is 15.5 Å². The summed E-state index contributed by atoms with van der Waals surface area (Å²) in [6, 6.07) is 7.24. The molecule has 1 aromatic carbocycles. The van der Waals surface area contributed by atoms with Gasteiger partial charge in [-0.05, 0) is 45.2 Å². The lowest BCUT2D eigenvalue weighted by atomic mass is 9.92. The third-order valence-electron chi connectivity index (χ3n) is 5.82. The summed E-state index contributed by atoms with van der Waals surface area (Å²) in [5.41, 5.74) is 0.174. The first-order valence-electron chi connectivity index (χ1n) is 10.1. The Morgan fingerprint density at radius 1 is 1.20 bits per heavy atom. The molecule has 0 aliphatic carbocycles. The van der Waals surface area contributed by atoms with Crippen LogP contribution in [0.2, 0.25) is 5.02 Å². The number of nitrogens with one attached hydrogen (secondary N) is 3. The van der Waals surface area contributed by atoms with Crippen LogP contribution in [0.5, 0.6) is 0 Å². The van der Waals surface area contributed by atoms with Gasteiger partial charge in [0.2, 0.25) is 17.8 Å². The third kappa shape index (κ3) is 3.79. The normalized spacial score (nSPS) is 23.5. The fourth-order valence-electron chi connectivity index (χ4n) is 4.33. The van der Waals surface area contributed by atoms with Crippen LogP contribution in [0.1, 0.15) is 51.0 Å². The minimum absolute atomic E-state index is 0.135. The molecule has 30 heavy (non-hydrogen) atoms. The molecule has 2 amide bonds. The minimum Gasteiger partial charge on any atom is -0.337 e. The van der Waals surface area contributed by atoms with E-state index in [1.54, 1.807) is 24.3 Å². The van der Waals surface area contributed by atoms with E-state index in [9.17, 15) is 14.4 Å². The van der Waals surface area contributed by atoms with Gasteiger partial charge in [0, 0.05) is 18.5 Å². The van der Waals surface area contributed by atoms with Gasteiger partial charge in [-0.3, -0.25) is 19.4 Å². The molecule has 8 nitrogen and oxygen atoms in total. The molecule has 2 aliphatic heterocycles. The van der Waals surface area contributed by atoms with E-state index in [1.165, 1.54) is 0 Å². The molecule has 3 N–H and O–H groups in total. The summed E-state index contributed by atoms with van der Waals surface area (Å²) in [5, 5.41) is 5.76. The van der Waals surface area contributed by atoms with Crippen LogP contribution in [0.3, 0.4) is 0 Å². The number of hydrogen-bond acceptors (Lipinski definition) is 5. The fraction of sp³-hybridized carbons (Fsp3) is 0.429. The first-order chi connectivity index (χ1) is 14.3. The Morgan fingerprint density at radius 2 is 1.90 bits per heavy atom. The number of piperidine rings is 1. The Morgan fingerprint density at radius 3 is 2.60 bits per heavy atom. The van der Waals surface area contributed by atoms with E-state index >= 15 is 0 Å². The number of halogens is 1. The molecule has 3 heterocycles. The molecule has 2 aliphatic rings. The SMILES string of the molecule is CC1CCCC(C)N1c1nc2c(c(=O)[nH]1)C(C(=O)Nc1ccccc1Cl)CC(=O)N2. The minimum atomic E-state index is -0.952. The number of para-hydroxylation sites is 1. The molecule has 1 fully saturated rings. The number of H-pyrrole nitrogens is 1. The van der Waals surface area contributed by atoms with Gasteiger partial charge in [0.1, 0.15) is 5.82 Å². The smallest absolute Gasteiger partial charge is 0.258 e. The number of rotatable bonds is 3. The number of hydrogen-bond donors (Lipinski definition) is 3. The second kappa shape index (κ2) is 8.10. The zero-order valence-electron chi connectivity index (χ0n) is 16.9. The van der Waals surface area contributed by atoms with Crippen LogP contribution in [-0.4, -0.2) is 33.9 Å². The van der Waals surface area contributed by atoms with Gasteiger partial charge >= 0.3 is 0 Å². The zero-order valence-corrected chi connectivity index (χ0v) is 17.6. The van der Waals surface area contributed by atoms with Crippen molar-refractivity contribution in [3.8, 4) is 0 Å². The number of aromatic nitrogens is 2. The average Bonchev–Trinajstić information content (AvgIpc) is 2.68. The molecule has 0 saturated carbocycles. The molecule has 1 saturated heterocycles. The predicted octanol–water partition coefficient (Wildman–Crippen LogP) is 3.26. The summed E-state index contributed by atoms with van der Waals surface area (Å²) in [4.78, 5) is 47.7. The Hall–Kier alpha value is -2.87. The molecular formula is C21H24ClN5O3. The largest absolute Gasteiger partial charge is 0.337 e. The number of nitrogens with zero attached hydrogens (tertiary/aromatic N) is 2. The van der Waals surface area contributed by atoms with Crippen LogP contribution in [0.25, 0.3) is 0 Å². The topological polar surface area (TPSA) is 107 Å². The number of amides is 2. The standard InChI is InChI=1S/C21H24ClN5O3/c1-11-6-5-7-12(2)27(11)21-25-18-17(20(30)26-21)13(10-16(28)24-18)19(29)23-15-9-4-3-8-14(15)22/h3-4,8-9,11-13H,5-7,10H2,1-2H3,(H,23,29)(H2,24,25,26,28,30). The van der Waals surface area contributed by atoms with Crippen molar-refractivity contribution in [3.05, 3.63) is 45.2 Å². The van der Waals surface area contributed by atoms with Crippen LogP contribution in [0.4, 0.5) is 17.5 Å². The Kier molecular flexibility index (Phi) is 5.51. The summed E-state index contributed by atoms with van der Waals surface area (Å²) in [6.45, 7) is 4.18. The highest BCUT2D eigenvalue weighted by atomic mass is 35.5. The first-order valence-corrected chi connectivity index (χ1v) is 10.5. The van der Waals surface area contributed by atoms with E-state index in [-0.39, 0.29) is 35.8 Å². The van der Waals surface area contributed by atoms with Gasteiger partial charge in [-0.1, -0.05) is 23.7 Å². The molecular weight excluding hydrogens is 406 g/mol. The lowest BCUT2D eigenvalue weighted by Gasteiger charge is -2.39. The van der Waals surface area contributed by atoms with Crippen molar-refractivity contribution in [2.45, 2.75) is 57.5 Å². The first kappa shape index (κ1) is 20.4. The lowest BCUT2D eigenvalue weighted by molar-refractivity contribution is -0.123. The molecule has 158 valence electrons. The maximum Gasteiger partial charge on any atom is 0.258 e. The molecule has 9 heteroatoms. The van der Waals surface area contributed by atoms with Gasteiger partial charge in [-0.25, -0.2) is 0 Å². The number of benzene rings is 1. The highest BCUT2D eigenvalue weighted by molar-refractivity contribution is 6.33. The monoisotopic (exact) mass is 429 g/mol. The van der Waals surface area contributed by atoms with E-state index in [4.69, 9.17) is 11.6 Å². The highest BCUT2D eigenvalue weighted by Crippen LogP contribution is 2.33. The number of carbonyl (C=O) groups excluding carboxylic acids is 2. The molecule has 4 rings (SSSR count). The van der Waals surface area contributed by atoms with Crippen molar-refractivity contribution in [3.63, 3.8) is 0 Å². The number of carbonyl (C=O) groups is 2. The van der Waals surface area contributed by atoms with Crippen molar-refractivity contribution >= 4 is 40.9 Å². The average molecular weight is 430 g/mol. The Balaban J connectivity index is 1.69. The van der Waals surface area contributed by atoms with Gasteiger partial charge in [0.15, 0.2) is 0 Å². The van der Waals surface area contributed by atoms with E-state index in [0.29, 0.717) is 16.7 Å². The van der Waals surface area contributed by atoms with E-state index in [2.05, 4.69) is 39.3 Å². The van der Waals surface area contributed by atoms with Gasteiger partial charge in [0.25, 0.3) is 5.56 Å². The highest BCUT2D eigenvalue weighted by Gasteiger charge is 2.36. The molecule has 2 aromatic rings. The van der Waals surface area contributed by atoms with Crippen molar-refractivity contribution in [1.29, 1.82) is 0 Å². The van der Waals surface area contributed by atoms with Gasteiger partial charge in [-0.2, -0.15) is 4.98 Å². The number of aromatic amines is 1. The molecule has 3 unspecified atom stereocenters. The molecule has 0 spiro atoms. The Labute approximate surface area is 179 Å². The predicted molar refractivity (Wildman–Crippen MR) is 116 cm³/mol. The number of fused-ring (bicyclic) bond motifs is 1. The molecule has 0 radical (unpaired) electrons. The van der Waals surface area contributed by atoms with Gasteiger partial charge in [-0.15, -0.1) is 0 Å². The van der Waals surface area contributed by atoms with Crippen molar-refractivity contribution in [2.24, 2.45) is 0 Å². The van der Waals surface area contributed by atoms with Crippen LogP contribution in [-0.2, 0) is 9.59 Å². The summed E-state index contributed by atoms with van der Waals surface area (Å²) in [7, 11) is 0. The number of anilines is 3. The van der Waals surface area contributed by atoms with E-state index < -0.39 is 17.4 Å². The summed E-state index contributed by atoms with van der Waals surface area (Å²) >= 11 is 6.12. The van der Waals surface area contributed by atoms with Gasteiger partial charge < -0.3 is 15.5 Å². The fourth-order valence-corrected chi connectivity index (χ4v) is 4.51. The van der Waals surface area contributed by atoms with E-state index in [0.717, 1.165) is 19.3 Å². The van der Waals surface area contributed by atoms with Crippen LogP contribution in [0.15, 0.2) is 29.1 Å². The van der Waals surface area contributed by atoms with Crippen molar-refractivity contribution < 1.29 is 9.59 Å². The molecule has 0 bridgehead atoms. The second-order valence-corrected chi connectivity index (χ2v) is 8.37. The quantitative estimate of drug-likeness (QED) is 0.694.